The molecule has 0 saturated heterocycles. The molecule has 0 spiro atoms. The fourth-order valence-electron chi connectivity index (χ4n) is 1.42. The van der Waals surface area contributed by atoms with Crippen LogP contribution in [0.5, 0.6) is 0 Å². The highest BCUT2D eigenvalue weighted by atomic mass is 19.1. The lowest BCUT2D eigenvalue weighted by Crippen LogP contribution is -2.53. The van der Waals surface area contributed by atoms with Crippen molar-refractivity contribution in [2.45, 2.75) is 25.8 Å². The summed E-state index contributed by atoms with van der Waals surface area (Å²) in [7, 11) is 0. The van der Waals surface area contributed by atoms with Crippen LogP contribution < -0.4 is 10.6 Å². The van der Waals surface area contributed by atoms with E-state index in [1.165, 1.54) is 6.92 Å². The van der Waals surface area contributed by atoms with Gasteiger partial charge in [0.25, 0.3) is 5.69 Å². The molecule has 114 valence electrons. The first-order chi connectivity index (χ1) is 9.69. The SMILES string of the molecule is CCC(C)(NC(=O)Nc1ccc([N+](=O)[O-])cc1F)C(=O)O. The second kappa shape index (κ2) is 6.16. The number of nitro groups is 1. The van der Waals surface area contributed by atoms with E-state index in [0.29, 0.717) is 6.07 Å². The van der Waals surface area contributed by atoms with Crippen LogP contribution in [-0.4, -0.2) is 27.6 Å². The Kier molecular flexibility index (Phi) is 4.79. The van der Waals surface area contributed by atoms with Crippen molar-refractivity contribution in [3.8, 4) is 0 Å². The Morgan fingerprint density at radius 2 is 2.10 bits per heavy atom. The van der Waals surface area contributed by atoms with Gasteiger partial charge in [0, 0.05) is 6.07 Å². The van der Waals surface area contributed by atoms with Crippen LogP contribution in [0.3, 0.4) is 0 Å². The number of carbonyl (C=O) groups is 2. The number of carboxylic acids is 1. The second-order valence-corrected chi connectivity index (χ2v) is 4.49. The molecule has 0 saturated carbocycles. The summed E-state index contributed by atoms with van der Waals surface area (Å²) in [6.45, 7) is 2.88. The monoisotopic (exact) mass is 299 g/mol. The normalized spacial score (nSPS) is 13.1. The van der Waals surface area contributed by atoms with Crippen LogP contribution in [0.25, 0.3) is 0 Å². The molecule has 0 aliphatic carbocycles. The third-order valence-corrected chi connectivity index (χ3v) is 2.98. The molecule has 1 aromatic carbocycles. The van der Waals surface area contributed by atoms with E-state index in [0.717, 1.165) is 12.1 Å². The molecule has 1 aromatic rings. The molecule has 1 atom stereocenters. The number of carboxylic acid groups (broad SMARTS) is 1. The van der Waals surface area contributed by atoms with Gasteiger partial charge in [0.15, 0.2) is 5.82 Å². The van der Waals surface area contributed by atoms with Gasteiger partial charge in [-0.05, 0) is 19.4 Å². The van der Waals surface area contributed by atoms with Gasteiger partial charge in [-0.25, -0.2) is 14.0 Å². The van der Waals surface area contributed by atoms with Gasteiger partial charge in [0.2, 0.25) is 0 Å². The molecule has 0 bridgehead atoms. The summed E-state index contributed by atoms with van der Waals surface area (Å²) in [6, 6.07) is 1.78. The highest BCUT2D eigenvalue weighted by Crippen LogP contribution is 2.20. The number of nitrogens with zero attached hydrogens (tertiary/aromatic N) is 1. The van der Waals surface area contributed by atoms with Crippen LogP contribution in [0.15, 0.2) is 18.2 Å². The van der Waals surface area contributed by atoms with E-state index >= 15 is 0 Å². The average Bonchev–Trinajstić information content (AvgIpc) is 2.40. The molecule has 0 fully saturated rings. The minimum atomic E-state index is -1.50. The summed E-state index contributed by atoms with van der Waals surface area (Å²) >= 11 is 0. The highest BCUT2D eigenvalue weighted by molar-refractivity contribution is 5.93. The lowest BCUT2D eigenvalue weighted by molar-refractivity contribution is -0.385. The number of carbonyl (C=O) groups excluding carboxylic acids is 1. The van der Waals surface area contributed by atoms with Gasteiger partial charge in [0.05, 0.1) is 16.7 Å². The number of nitro benzene ring substituents is 1. The number of anilines is 1. The maximum Gasteiger partial charge on any atom is 0.329 e. The van der Waals surface area contributed by atoms with Crippen LogP contribution in [0.4, 0.5) is 20.6 Å². The summed E-state index contributed by atoms with van der Waals surface area (Å²) < 4.78 is 13.6. The number of nitrogens with one attached hydrogen (secondary N) is 2. The van der Waals surface area contributed by atoms with Crippen molar-refractivity contribution < 1.29 is 24.0 Å². The molecule has 9 heteroatoms. The van der Waals surface area contributed by atoms with Crippen LogP contribution in [0.2, 0.25) is 0 Å². The molecular formula is C12H14FN3O5. The van der Waals surface area contributed by atoms with Gasteiger partial charge in [-0.1, -0.05) is 6.92 Å². The number of non-ortho nitro benzene ring substituents is 1. The molecule has 0 radical (unpaired) electrons. The summed E-state index contributed by atoms with van der Waals surface area (Å²) in [6.07, 6.45) is 0.124. The Labute approximate surface area is 119 Å². The standard InChI is InChI=1S/C12H14FN3O5/c1-3-12(2,10(17)18)15-11(19)14-9-5-4-7(16(20)21)6-8(9)13/h4-6H,3H2,1-2H3,(H,17,18)(H2,14,15,19). The number of rotatable bonds is 5. The number of hydrogen-bond donors (Lipinski definition) is 3. The predicted molar refractivity (Wildman–Crippen MR) is 71.5 cm³/mol. The predicted octanol–water partition coefficient (Wildman–Crippen LogP) is 2.11. The first-order valence-corrected chi connectivity index (χ1v) is 5.96. The fraction of sp³-hybridized carbons (Fsp3) is 0.333. The largest absolute Gasteiger partial charge is 0.480 e. The number of aliphatic carboxylic acids is 1. The highest BCUT2D eigenvalue weighted by Gasteiger charge is 2.32. The Balaban J connectivity index is 2.85. The van der Waals surface area contributed by atoms with Crippen LogP contribution >= 0.6 is 0 Å². The van der Waals surface area contributed by atoms with Crippen LogP contribution in [-0.2, 0) is 4.79 Å². The fourth-order valence-corrected chi connectivity index (χ4v) is 1.42. The van der Waals surface area contributed by atoms with Crippen molar-refractivity contribution in [1.29, 1.82) is 0 Å². The van der Waals surface area contributed by atoms with Gasteiger partial charge >= 0.3 is 12.0 Å². The zero-order chi connectivity index (χ0) is 16.2. The van der Waals surface area contributed by atoms with Gasteiger partial charge in [-0.2, -0.15) is 0 Å². The maximum absolute atomic E-state index is 13.6. The van der Waals surface area contributed by atoms with E-state index in [1.54, 1.807) is 6.92 Å². The van der Waals surface area contributed by atoms with Gasteiger partial charge in [-0.15, -0.1) is 0 Å². The zero-order valence-electron chi connectivity index (χ0n) is 11.3. The van der Waals surface area contributed by atoms with Crippen molar-refractivity contribution in [3.63, 3.8) is 0 Å². The topological polar surface area (TPSA) is 122 Å². The molecule has 3 N–H and O–H groups in total. The molecular weight excluding hydrogens is 285 g/mol. The molecule has 0 aromatic heterocycles. The van der Waals surface area contributed by atoms with Gasteiger partial charge < -0.3 is 15.7 Å². The van der Waals surface area contributed by atoms with Gasteiger partial charge in [0.1, 0.15) is 5.54 Å². The molecule has 1 rings (SSSR count). The zero-order valence-corrected chi connectivity index (χ0v) is 11.3. The summed E-state index contributed by atoms with van der Waals surface area (Å²) in [5.74, 6) is -2.22. The molecule has 2 amide bonds. The smallest absolute Gasteiger partial charge is 0.329 e. The lowest BCUT2D eigenvalue weighted by atomic mass is 10.00. The first-order valence-electron chi connectivity index (χ1n) is 5.96. The molecule has 0 aliphatic heterocycles. The number of halogens is 1. The Hall–Kier alpha value is -2.71. The molecule has 21 heavy (non-hydrogen) atoms. The third kappa shape index (κ3) is 3.88. The van der Waals surface area contributed by atoms with Crippen molar-refractivity contribution in [3.05, 3.63) is 34.1 Å². The van der Waals surface area contributed by atoms with E-state index in [2.05, 4.69) is 10.6 Å². The number of benzene rings is 1. The lowest BCUT2D eigenvalue weighted by Gasteiger charge is -2.24. The third-order valence-electron chi connectivity index (χ3n) is 2.98. The van der Waals surface area contributed by atoms with Crippen molar-refractivity contribution in [2.24, 2.45) is 0 Å². The Bertz CT molecular complexity index is 592. The van der Waals surface area contributed by atoms with Gasteiger partial charge in [-0.3, -0.25) is 10.1 Å². The van der Waals surface area contributed by atoms with E-state index < -0.39 is 34.0 Å². The summed E-state index contributed by atoms with van der Waals surface area (Å²) in [4.78, 5) is 32.4. The maximum atomic E-state index is 13.6. The number of hydrogen-bond acceptors (Lipinski definition) is 4. The van der Waals surface area contributed by atoms with Crippen molar-refractivity contribution >= 4 is 23.4 Å². The minimum absolute atomic E-state index is 0.124. The number of amides is 2. The van der Waals surface area contributed by atoms with Crippen LogP contribution in [0, 0.1) is 15.9 Å². The summed E-state index contributed by atoms with van der Waals surface area (Å²) in [5, 5.41) is 23.8. The molecule has 0 heterocycles. The molecule has 1 unspecified atom stereocenters. The second-order valence-electron chi connectivity index (χ2n) is 4.49. The van der Waals surface area contributed by atoms with Crippen LogP contribution in [0.1, 0.15) is 20.3 Å². The van der Waals surface area contributed by atoms with E-state index in [4.69, 9.17) is 5.11 Å². The first kappa shape index (κ1) is 16.3. The van der Waals surface area contributed by atoms with E-state index in [1.807, 2.05) is 0 Å². The van der Waals surface area contributed by atoms with E-state index in [9.17, 15) is 24.1 Å². The van der Waals surface area contributed by atoms with Crippen molar-refractivity contribution in [1.82, 2.24) is 5.32 Å². The average molecular weight is 299 g/mol. The molecule has 8 nitrogen and oxygen atoms in total. The Morgan fingerprint density at radius 1 is 1.48 bits per heavy atom. The summed E-state index contributed by atoms with van der Waals surface area (Å²) in [5.41, 5.74) is -2.24. The molecule has 0 aliphatic rings. The minimum Gasteiger partial charge on any atom is -0.480 e. The number of urea groups is 1. The van der Waals surface area contributed by atoms with Crippen molar-refractivity contribution in [2.75, 3.05) is 5.32 Å². The Morgan fingerprint density at radius 3 is 2.52 bits per heavy atom. The van der Waals surface area contributed by atoms with E-state index in [-0.39, 0.29) is 12.1 Å². The quantitative estimate of drug-likeness (QED) is 0.567.